The molecular weight excluding hydrogens is 355 g/mol. The zero-order valence-electron chi connectivity index (χ0n) is 15.7. The summed E-state index contributed by atoms with van der Waals surface area (Å²) in [7, 11) is 0. The van der Waals surface area contributed by atoms with E-state index < -0.39 is 0 Å². The van der Waals surface area contributed by atoms with E-state index in [9.17, 15) is 9.18 Å². The number of anilines is 1. The normalized spacial score (nSPS) is 14.3. The highest BCUT2D eigenvalue weighted by Gasteiger charge is 2.22. The van der Waals surface area contributed by atoms with Gasteiger partial charge in [-0.25, -0.2) is 9.37 Å². The van der Waals surface area contributed by atoms with Crippen LogP contribution in [0.3, 0.4) is 0 Å². The van der Waals surface area contributed by atoms with Gasteiger partial charge in [0, 0.05) is 57.1 Å². The second-order valence-electron chi connectivity index (χ2n) is 6.88. The first-order valence-electron chi connectivity index (χ1n) is 9.56. The fourth-order valence-corrected chi connectivity index (χ4v) is 3.62. The first-order chi connectivity index (χ1) is 13.7. The Kier molecular flexibility index (Phi) is 5.37. The fourth-order valence-electron chi connectivity index (χ4n) is 3.62. The molecule has 3 aromatic rings. The Bertz CT molecular complexity index is 932. The topological polar surface area (TPSA) is 41.4 Å². The molecule has 144 valence electrons. The molecule has 0 saturated carbocycles. The zero-order valence-corrected chi connectivity index (χ0v) is 15.7. The second kappa shape index (κ2) is 8.25. The molecule has 2 heterocycles. The minimum atomic E-state index is -0.212. The summed E-state index contributed by atoms with van der Waals surface area (Å²) >= 11 is 0. The molecule has 1 saturated heterocycles. The fraction of sp³-hybridized carbons (Fsp3) is 0.273. The Morgan fingerprint density at radius 1 is 0.964 bits per heavy atom. The highest BCUT2D eigenvalue weighted by Crippen LogP contribution is 2.21. The van der Waals surface area contributed by atoms with Crippen molar-refractivity contribution in [2.75, 3.05) is 31.1 Å². The molecule has 0 unspecified atom stereocenters. The highest BCUT2D eigenvalue weighted by atomic mass is 19.1. The van der Waals surface area contributed by atoms with Crippen molar-refractivity contribution in [2.24, 2.45) is 0 Å². The van der Waals surface area contributed by atoms with E-state index >= 15 is 0 Å². The average molecular weight is 378 g/mol. The monoisotopic (exact) mass is 378 g/mol. The minimum absolute atomic E-state index is 0.126. The molecule has 1 amide bonds. The maximum Gasteiger partial charge on any atom is 0.224 e. The SMILES string of the molecule is O=C(CCn1ccnc1-c1ccccc1)N1CCN(c2ccccc2F)CC1. The summed E-state index contributed by atoms with van der Waals surface area (Å²) in [5.41, 5.74) is 1.65. The number of imidazole rings is 1. The summed E-state index contributed by atoms with van der Waals surface area (Å²) in [4.78, 5) is 20.9. The molecule has 0 atom stereocenters. The molecule has 1 aromatic heterocycles. The van der Waals surface area contributed by atoms with Crippen LogP contribution < -0.4 is 4.90 Å². The number of hydrogen-bond donors (Lipinski definition) is 0. The third-order valence-electron chi connectivity index (χ3n) is 5.14. The first-order valence-corrected chi connectivity index (χ1v) is 9.56. The van der Waals surface area contributed by atoms with Crippen molar-refractivity contribution >= 4 is 11.6 Å². The van der Waals surface area contributed by atoms with Crippen LogP contribution in [0.25, 0.3) is 11.4 Å². The van der Waals surface area contributed by atoms with Gasteiger partial charge in [0.15, 0.2) is 0 Å². The van der Waals surface area contributed by atoms with E-state index in [0.29, 0.717) is 44.8 Å². The van der Waals surface area contributed by atoms with Gasteiger partial charge in [-0.1, -0.05) is 42.5 Å². The van der Waals surface area contributed by atoms with Gasteiger partial charge in [0.05, 0.1) is 5.69 Å². The lowest BCUT2D eigenvalue weighted by atomic mass is 10.2. The number of rotatable bonds is 5. The summed E-state index contributed by atoms with van der Waals surface area (Å²) in [5, 5.41) is 0. The van der Waals surface area contributed by atoms with Gasteiger partial charge in [-0.15, -0.1) is 0 Å². The van der Waals surface area contributed by atoms with Gasteiger partial charge in [-0.05, 0) is 12.1 Å². The summed E-state index contributed by atoms with van der Waals surface area (Å²) in [6.07, 6.45) is 4.10. The number of aryl methyl sites for hydroxylation is 1. The van der Waals surface area contributed by atoms with E-state index in [0.717, 1.165) is 11.4 Å². The van der Waals surface area contributed by atoms with E-state index in [2.05, 4.69) is 4.98 Å². The van der Waals surface area contributed by atoms with Gasteiger partial charge in [0.25, 0.3) is 0 Å². The number of hydrogen-bond acceptors (Lipinski definition) is 3. The van der Waals surface area contributed by atoms with Gasteiger partial charge in [-0.3, -0.25) is 4.79 Å². The quantitative estimate of drug-likeness (QED) is 0.683. The number of nitrogens with zero attached hydrogens (tertiary/aromatic N) is 4. The molecule has 0 N–H and O–H groups in total. The Morgan fingerprint density at radius 2 is 1.68 bits per heavy atom. The van der Waals surface area contributed by atoms with Crippen LogP contribution in [-0.2, 0) is 11.3 Å². The number of aromatic nitrogens is 2. The third kappa shape index (κ3) is 3.91. The summed E-state index contributed by atoms with van der Waals surface area (Å²) in [6, 6.07) is 16.8. The van der Waals surface area contributed by atoms with E-state index in [4.69, 9.17) is 0 Å². The number of piperazine rings is 1. The van der Waals surface area contributed by atoms with E-state index in [1.807, 2.05) is 57.0 Å². The smallest absolute Gasteiger partial charge is 0.224 e. The van der Waals surface area contributed by atoms with Gasteiger partial charge in [-0.2, -0.15) is 0 Å². The number of para-hydroxylation sites is 1. The van der Waals surface area contributed by atoms with Crippen molar-refractivity contribution in [3.05, 3.63) is 72.8 Å². The molecule has 2 aromatic carbocycles. The van der Waals surface area contributed by atoms with Crippen LogP contribution >= 0.6 is 0 Å². The lowest BCUT2D eigenvalue weighted by molar-refractivity contribution is -0.131. The molecule has 0 spiro atoms. The number of carbonyl (C=O) groups excluding carboxylic acids is 1. The molecule has 0 aliphatic carbocycles. The van der Waals surface area contributed by atoms with Gasteiger partial charge >= 0.3 is 0 Å². The van der Waals surface area contributed by atoms with Crippen LogP contribution in [0.4, 0.5) is 10.1 Å². The summed E-state index contributed by atoms with van der Waals surface area (Å²) < 4.78 is 16.0. The molecule has 0 radical (unpaired) electrons. The van der Waals surface area contributed by atoms with Crippen LogP contribution in [0.5, 0.6) is 0 Å². The highest BCUT2D eigenvalue weighted by molar-refractivity contribution is 5.76. The molecule has 1 fully saturated rings. The van der Waals surface area contributed by atoms with Crippen LogP contribution in [0, 0.1) is 5.82 Å². The first kappa shape index (κ1) is 18.2. The molecule has 5 nitrogen and oxygen atoms in total. The second-order valence-corrected chi connectivity index (χ2v) is 6.88. The Hall–Kier alpha value is -3.15. The van der Waals surface area contributed by atoms with E-state index in [1.54, 1.807) is 18.3 Å². The molecule has 6 heteroatoms. The number of amides is 1. The number of carbonyl (C=O) groups is 1. The van der Waals surface area contributed by atoms with Gasteiger partial charge in [0.1, 0.15) is 11.6 Å². The lowest BCUT2D eigenvalue weighted by Gasteiger charge is -2.36. The third-order valence-corrected chi connectivity index (χ3v) is 5.14. The summed E-state index contributed by atoms with van der Waals surface area (Å²) in [6.45, 7) is 3.11. The van der Waals surface area contributed by atoms with E-state index in [1.165, 1.54) is 6.07 Å². The number of benzene rings is 2. The minimum Gasteiger partial charge on any atom is -0.366 e. The van der Waals surface area contributed by atoms with Crippen LogP contribution in [0.1, 0.15) is 6.42 Å². The largest absolute Gasteiger partial charge is 0.366 e. The van der Waals surface area contributed by atoms with Crippen LogP contribution in [0.15, 0.2) is 67.0 Å². The summed E-state index contributed by atoms with van der Waals surface area (Å²) in [5.74, 6) is 0.787. The maximum atomic E-state index is 14.0. The van der Waals surface area contributed by atoms with Crippen molar-refractivity contribution in [3.63, 3.8) is 0 Å². The van der Waals surface area contributed by atoms with Gasteiger partial charge < -0.3 is 14.4 Å². The van der Waals surface area contributed by atoms with Gasteiger partial charge in [0.2, 0.25) is 5.91 Å². The molecule has 1 aliphatic heterocycles. The van der Waals surface area contributed by atoms with Crippen molar-refractivity contribution in [1.29, 1.82) is 0 Å². The van der Waals surface area contributed by atoms with Crippen molar-refractivity contribution in [2.45, 2.75) is 13.0 Å². The van der Waals surface area contributed by atoms with Crippen molar-refractivity contribution in [3.8, 4) is 11.4 Å². The molecule has 4 rings (SSSR count). The average Bonchev–Trinajstić information content (AvgIpc) is 3.22. The Labute approximate surface area is 164 Å². The standard InChI is InChI=1S/C22H23FN4O/c23-19-8-4-5-9-20(19)25-14-16-26(17-15-25)21(28)10-12-27-13-11-24-22(27)18-6-2-1-3-7-18/h1-9,11,13H,10,12,14-17H2. The van der Waals surface area contributed by atoms with Crippen molar-refractivity contribution in [1.82, 2.24) is 14.5 Å². The predicted octanol–water partition coefficient (Wildman–Crippen LogP) is 3.43. The Morgan fingerprint density at radius 3 is 2.43 bits per heavy atom. The Balaban J connectivity index is 1.33. The number of halogens is 1. The molecule has 28 heavy (non-hydrogen) atoms. The predicted molar refractivity (Wildman–Crippen MR) is 107 cm³/mol. The lowest BCUT2D eigenvalue weighted by Crippen LogP contribution is -2.49. The molecule has 1 aliphatic rings. The van der Waals surface area contributed by atoms with Crippen molar-refractivity contribution < 1.29 is 9.18 Å². The zero-order chi connectivity index (χ0) is 19.3. The van der Waals surface area contributed by atoms with E-state index in [-0.39, 0.29) is 11.7 Å². The van der Waals surface area contributed by atoms with Crippen LogP contribution in [-0.4, -0.2) is 46.5 Å². The van der Waals surface area contributed by atoms with Crippen LogP contribution in [0.2, 0.25) is 0 Å². The molecular formula is C22H23FN4O. The maximum absolute atomic E-state index is 14.0. The molecule has 0 bridgehead atoms.